The van der Waals surface area contributed by atoms with E-state index in [1.54, 1.807) is 6.07 Å². The van der Waals surface area contributed by atoms with Crippen LogP contribution in [0.1, 0.15) is 11.1 Å². The van der Waals surface area contributed by atoms with Gasteiger partial charge >= 0.3 is 0 Å². The van der Waals surface area contributed by atoms with Gasteiger partial charge in [-0.05, 0) is 25.0 Å². The Kier molecular flexibility index (Phi) is 3.55. The Morgan fingerprint density at radius 3 is 2.86 bits per heavy atom. The van der Waals surface area contributed by atoms with Crippen molar-refractivity contribution in [2.24, 2.45) is 0 Å². The second kappa shape index (κ2) is 5.37. The van der Waals surface area contributed by atoms with Crippen molar-refractivity contribution >= 4 is 28.6 Å². The third-order valence-corrected chi connectivity index (χ3v) is 3.82. The third kappa shape index (κ3) is 2.72. The molecule has 0 atom stereocenters. The zero-order valence-electron chi connectivity index (χ0n) is 11.6. The number of fused-ring (bicyclic) bond motifs is 1. The molecule has 0 aliphatic heterocycles. The molecule has 0 saturated heterocycles. The van der Waals surface area contributed by atoms with Gasteiger partial charge < -0.3 is 10.3 Å². The number of anilines is 1. The number of imidazole rings is 1. The number of rotatable bonds is 3. The normalized spacial score (nSPS) is 11.2. The first-order chi connectivity index (χ1) is 10.0. The van der Waals surface area contributed by atoms with E-state index < -0.39 is 5.82 Å². The van der Waals surface area contributed by atoms with Crippen LogP contribution < -0.4 is 5.73 Å². The van der Waals surface area contributed by atoms with Crippen molar-refractivity contribution in [1.82, 2.24) is 9.55 Å². The molecule has 2 aromatic carbocycles. The highest BCUT2D eigenvalue weighted by Gasteiger charge is 2.11. The van der Waals surface area contributed by atoms with Crippen molar-refractivity contribution in [3.05, 3.63) is 58.4 Å². The van der Waals surface area contributed by atoms with E-state index in [2.05, 4.69) is 30.1 Å². The summed E-state index contributed by atoms with van der Waals surface area (Å²) in [5.41, 5.74) is 9.67. The highest BCUT2D eigenvalue weighted by atomic mass is 35.5. The fraction of sp³-hybridized carbons (Fsp3) is 0.188. The molecule has 5 heteroatoms. The molecule has 3 aromatic rings. The van der Waals surface area contributed by atoms with Crippen LogP contribution in [-0.2, 0) is 13.0 Å². The van der Waals surface area contributed by atoms with Crippen molar-refractivity contribution in [2.45, 2.75) is 19.9 Å². The SMILES string of the molecule is Cc1cccc(CCn2c(N)nc3cc(F)c(Cl)cc32)c1. The number of nitrogens with two attached hydrogens (primary N) is 1. The standard InChI is InChI=1S/C16H15ClFN3/c1-10-3-2-4-11(7-10)5-6-21-15-8-12(17)13(18)9-14(15)20-16(21)19/h2-4,7-9H,5-6H2,1H3,(H2,19,20). The van der Waals surface area contributed by atoms with Crippen molar-refractivity contribution in [1.29, 1.82) is 0 Å². The fourth-order valence-electron chi connectivity index (χ4n) is 2.48. The molecule has 0 fully saturated rings. The van der Waals surface area contributed by atoms with Crippen molar-refractivity contribution in [3.8, 4) is 0 Å². The topological polar surface area (TPSA) is 43.8 Å². The summed E-state index contributed by atoms with van der Waals surface area (Å²) in [5, 5.41) is 0.0826. The van der Waals surface area contributed by atoms with Crippen LogP contribution in [0.3, 0.4) is 0 Å². The second-order valence-electron chi connectivity index (χ2n) is 5.12. The van der Waals surface area contributed by atoms with Gasteiger partial charge in [-0.25, -0.2) is 9.37 Å². The molecule has 0 aliphatic carbocycles. The molecule has 0 aliphatic rings. The Morgan fingerprint density at radius 1 is 1.29 bits per heavy atom. The Morgan fingerprint density at radius 2 is 2.10 bits per heavy atom. The summed E-state index contributed by atoms with van der Waals surface area (Å²) in [5.74, 6) is -0.105. The summed E-state index contributed by atoms with van der Waals surface area (Å²) in [6, 6.07) is 11.2. The molecule has 0 saturated carbocycles. The van der Waals surface area contributed by atoms with E-state index in [0.717, 1.165) is 11.9 Å². The molecule has 1 heterocycles. The molecule has 0 bridgehead atoms. The molecule has 3 nitrogen and oxygen atoms in total. The highest BCUT2D eigenvalue weighted by molar-refractivity contribution is 6.31. The molecule has 1 aromatic heterocycles. The molecular formula is C16H15ClFN3. The van der Waals surface area contributed by atoms with E-state index in [9.17, 15) is 4.39 Å². The van der Waals surface area contributed by atoms with E-state index in [0.29, 0.717) is 18.0 Å². The quantitative estimate of drug-likeness (QED) is 0.796. The monoisotopic (exact) mass is 303 g/mol. The summed E-state index contributed by atoms with van der Waals surface area (Å²) in [6.07, 6.45) is 0.826. The van der Waals surface area contributed by atoms with Gasteiger partial charge in [-0.2, -0.15) is 0 Å². The van der Waals surface area contributed by atoms with E-state index >= 15 is 0 Å². The van der Waals surface area contributed by atoms with Gasteiger partial charge in [0.05, 0.1) is 16.1 Å². The van der Waals surface area contributed by atoms with Crippen LogP contribution in [0.2, 0.25) is 5.02 Å². The van der Waals surface area contributed by atoms with E-state index in [4.69, 9.17) is 17.3 Å². The molecule has 0 spiro atoms. The van der Waals surface area contributed by atoms with Gasteiger partial charge in [0.1, 0.15) is 5.82 Å². The number of hydrogen-bond acceptors (Lipinski definition) is 2. The number of aryl methyl sites for hydroxylation is 3. The smallest absolute Gasteiger partial charge is 0.201 e. The van der Waals surface area contributed by atoms with Gasteiger partial charge in [0.25, 0.3) is 0 Å². The minimum Gasteiger partial charge on any atom is -0.369 e. The Labute approximate surface area is 127 Å². The lowest BCUT2D eigenvalue weighted by Crippen LogP contribution is -2.05. The fourth-order valence-corrected chi connectivity index (χ4v) is 2.64. The first-order valence-electron chi connectivity index (χ1n) is 6.71. The molecule has 3 rings (SSSR count). The van der Waals surface area contributed by atoms with E-state index in [1.807, 2.05) is 10.6 Å². The summed E-state index contributed by atoms with van der Waals surface area (Å²) in [7, 11) is 0. The van der Waals surface area contributed by atoms with Crippen LogP contribution >= 0.6 is 11.6 Å². The maximum atomic E-state index is 13.5. The highest BCUT2D eigenvalue weighted by Crippen LogP contribution is 2.25. The van der Waals surface area contributed by atoms with Crippen LogP contribution in [-0.4, -0.2) is 9.55 Å². The maximum Gasteiger partial charge on any atom is 0.201 e. The van der Waals surface area contributed by atoms with Gasteiger partial charge in [-0.1, -0.05) is 41.4 Å². The molecule has 2 N–H and O–H groups in total. The van der Waals surface area contributed by atoms with Crippen molar-refractivity contribution < 1.29 is 4.39 Å². The molecular weight excluding hydrogens is 289 g/mol. The summed E-state index contributed by atoms with van der Waals surface area (Å²) in [4.78, 5) is 4.19. The van der Waals surface area contributed by atoms with Crippen LogP contribution in [0.4, 0.5) is 10.3 Å². The van der Waals surface area contributed by atoms with Gasteiger partial charge in [0, 0.05) is 12.6 Å². The van der Waals surface area contributed by atoms with Crippen LogP contribution in [0, 0.1) is 12.7 Å². The number of nitrogen functional groups attached to an aromatic ring is 1. The maximum absolute atomic E-state index is 13.5. The predicted molar refractivity (Wildman–Crippen MR) is 84.0 cm³/mol. The van der Waals surface area contributed by atoms with E-state index in [-0.39, 0.29) is 5.02 Å². The average Bonchev–Trinajstić information content (AvgIpc) is 2.72. The number of nitrogens with zero attached hydrogens (tertiary/aromatic N) is 2. The number of benzene rings is 2. The zero-order chi connectivity index (χ0) is 15.0. The average molecular weight is 304 g/mol. The van der Waals surface area contributed by atoms with Crippen molar-refractivity contribution in [2.75, 3.05) is 5.73 Å². The Hall–Kier alpha value is -2.07. The lowest BCUT2D eigenvalue weighted by atomic mass is 10.1. The summed E-state index contributed by atoms with van der Waals surface area (Å²) < 4.78 is 15.3. The second-order valence-corrected chi connectivity index (χ2v) is 5.52. The number of hydrogen-bond donors (Lipinski definition) is 1. The predicted octanol–water partition coefficient (Wildman–Crippen LogP) is 3.96. The van der Waals surface area contributed by atoms with Crippen LogP contribution in [0.25, 0.3) is 11.0 Å². The number of aromatic nitrogens is 2. The first kappa shape index (κ1) is 13.9. The largest absolute Gasteiger partial charge is 0.369 e. The van der Waals surface area contributed by atoms with Crippen LogP contribution in [0.5, 0.6) is 0 Å². The zero-order valence-corrected chi connectivity index (χ0v) is 12.4. The molecule has 0 radical (unpaired) electrons. The molecule has 21 heavy (non-hydrogen) atoms. The lowest BCUT2D eigenvalue weighted by molar-refractivity contribution is 0.629. The lowest BCUT2D eigenvalue weighted by Gasteiger charge is -2.07. The molecule has 108 valence electrons. The van der Waals surface area contributed by atoms with Gasteiger partial charge in [-0.3, -0.25) is 0 Å². The third-order valence-electron chi connectivity index (χ3n) is 3.53. The first-order valence-corrected chi connectivity index (χ1v) is 7.08. The Bertz CT molecular complexity index is 811. The summed E-state index contributed by atoms with van der Waals surface area (Å²) >= 11 is 5.85. The molecule has 0 amide bonds. The van der Waals surface area contributed by atoms with E-state index in [1.165, 1.54) is 17.2 Å². The minimum absolute atomic E-state index is 0.0826. The van der Waals surface area contributed by atoms with Crippen molar-refractivity contribution in [3.63, 3.8) is 0 Å². The minimum atomic E-state index is -0.479. The number of halogens is 2. The Balaban J connectivity index is 1.93. The van der Waals surface area contributed by atoms with Gasteiger partial charge in [0.2, 0.25) is 5.95 Å². The van der Waals surface area contributed by atoms with Gasteiger partial charge in [0.15, 0.2) is 0 Å². The summed E-state index contributed by atoms with van der Waals surface area (Å²) in [6.45, 7) is 2.74. The molecule has 0 unspecified atom stereocenters. The van der Waals surface area contributed by atoms with Gasteiger partial charge in [-0.15, -0.1) is 0 Å². The van der Waals surface area contributed by atoms with Crippen LogP contribution in [0.15, 0.2) is 36.4 Å².